The first-order valence-corrected chi connectivity index (χ1v) is 8.98. The molecule has 3 rings (SSSR count). The van der Waals surface area contributed by atoms with Crippen molar-refractivity contribution < 1.29 is 18.4 Å². The van der Waals surface area contributed by atoms with Gasteiger partial charge in [-0.15, -0.1) is 0 Å². The van der Waals surface area contributed by atoms with Crippen LogP contribution in [0.4, 0.5) is 13.6 Å². The lowest BCUT2D eigenvalue weighted by atomic mass is 10.2. The predicted octanol–water partition coefficient (Wildman–Crippen LogP) is 5.62. The van der Waals surface area contributed by atoms with Crippen molar-refractivity contribution in [1.82, 2.24) is 4.90 Å². The third-order valence-electron chi connectivity index (χ3n) is 3.46. The maximum atomic E-state index is 13.3. The fraction of sp³-hybridized carbons (Fsp3) is 0.0588. The number of nitrogens with zero attached hydrogens (tertiary/aromatic N) is 1. The zero-order valence-electron chi connectivity index (χ0n) is 12.4. The number of amides is 2. The van der Waals surface area contributed by atoms with Gasteiger partial charge in [-0.05, 0) is 69.2 Å². The molecule has 2 aromatic carbocycles. The van der Waals surface area contributed by atoms with Crippen LogP contribution in [-0.4, -0.2) is 16.0 Å². The second-order valence-electron chi connectivity index (χ2n) is 5.18. The van der Waals surface area contributed by atoms with E-state index in [1.54, 1.807) is 0 Å². The molecule has 1 aliphatic heterocycles. The zero-order chi connectivity index (χ0) is 18.1. The number of hydrogen-bond acceptors (Lipinski definition) is 3. The number of benzene rings is 2. The smallest absolute Gasteiger partial charge is 0.268 e. The molecule has 0 N–H and O–H groups in total. The van der Waals surface area contributed by atoms with Crippen LogP contribution in [0.1, 0.15) is 11.1 Å². The molecule has 1 heterocycles. The number of imide groups is 1. The van der Waals surface area contributed by atoms with E-state index in [0.29, 0.717) is 11.1 Å². The van der Waals surface area contributed by atoms with E-state index in [1.165, 1.54) is 36.4 Å². The second kappa shape index (κ2) is 7.27. The van der Waals surface area contributed by atoms with Gasteiger partial charge in [-0.3, -0.25) is 14.5 Å². The van der Waals surface area contributed by atoms with E-state index in [2.05, 4.69) is 15.9 Å². The number of rotatable bonds is 3. The number of thioether (sulfide) groups is 1. The third kappa shape index (κ3) is 3.94. The Labute approximate surface area is 159 Å². The molecule has 128 valence electrons. The Morgan fingerprint density at radius 1 is 1.16 bits per heavy atom. The largest absolute Gasteiger partial charge is 0.293 e. The molecule has 3 nitrogen and oxygen atoms in total. The zero-order valence-corrected chi connectivity index (χ0v) is 15.6. The maximum Gasteiger partial charge on any atom is 0.293 e. The Kier molecular flexibility index (Phi) is 5.27. The van der Waals surface area contributed by atoms with Gasteiger partial charge in [0.2, 0.25) is 0 Å². The number of hydrogen-bond donors (Lipinski definition) is 0. The van der Waals surface area contributed by atoms with Crippen molar-refractivity contribution >= 4 is 56.5 Å². The van der Waals surface area contributed by atoms with E-state index in [1.807, 2.05) is 0 Å². The molecule has 1 saturated heterocycles. The lowest BCUT2D eigenvalue weighted by Crippen LogP contribution is -2.27. The van der Waals surface area contributed by atoms with Gasteiger partial charge >= 0.3 is 0 Å². The molecule has 0 unspecified atom stereocenters. The normalized spacial score (nSPS) is 16.2. The molecule has 1 fully saturated rings. The Morgan fingerprint density at radius 2 is 1.92 bits per heavy atom. The monoisotopic (exact) mass is 443 g/mol. The molecule has 0 spiro atoms. The highest BCUT2D eigenvalue weighted by Gasteiger charge is 2.35. The van der Waals surface area contributed by atoms with Gasteiger partial charge in [-0.25, -0.2) is 8.78 Å². The van der Waals surface area contributed by atoms with E-state index < -0.39 is 22.8 Å². The van der Waals surface area contributed by atoms with E-state index in [4.69, 9.17) is 11.6 Å². The summed E-state index contributed by atoms with van der Waals surface area (Å²) in [4.78, 5) is 25.9. The molecular weight excluding hydrogens is 436 g/mol. The molecule has 0 aliphatic carbocycles. The highest BCUT2D eigenvalue weighted by atomic mass is 79.9. The van der Waals surface area contributed by atoms with Crippen molar-refractivity contribution in [2.24, 2.45) is 0 Å². The SMILES string of the molecule is O=C1S/C(=C\c2ccc(F)c(Br)c2)C(=O)N1Cc1ccc(F)cc1Cl. The van der Waals surface area contributed by atoms with E-state index in [0.717, 1.165) is 22.7 Å². The summed E-state index contributed by atoms with van der Waals surface area (Å²) in [6, 6.07) is 8.05. The van der Waals surface area contributed by atoms with Crippen LogP contribution in [0.2, 0.25) is 5.02 Å². The molecule has 0 radical (unpaired) electrons. The first-order chi connectivity index (χ1) is 11.8. The Bertz CT molecular complexity index is 920. The van der Waals surface area contributed by atoms with Crippen LogP contribution in [0.5, 0.6) is 0 Å². The topological polar surface area (TPSA) is 37.4 Å². The second-order valence-corrected chi connectivity index (χ2v) is 7.43. The van der Waals surface area contributed by atoms with Gasteiger partial charge < -0.3 is 0 Å². The van der Waals surface area contributed by atoms with E-state index in [-0.39, 0.29) is 20.9 Å². The van der Waals surface area contributed by atoms with Crippen molar-refractivity contribution in [2.45, 2.75) is 6.54 Å². The van der Waals surface area contributed by atoms with Crippen LogP contribution >= 0.6 is 39.3 Å². The molecule has 0 saturated carbocycles. The Hall–Kier alpha value is -1.70. The van der Waals surface area contributed by atoms with Crippen LogP contribution in [-0.2, 0) is 11.3 Å². The number of halogens is 4. The summed E-state index contributed by atoms with van der Waals surface area (Å²) in [6.07, 6.45) is 1.52. The Morgan fingerprint density at radius 3 is 2.60 bits per heavy atom. The van der Waals surface area contributed by atoms with Crippen molar-refractivity contribution in [2.75, 3.05) is 0 Å². The molecule has 0 aromatic heterocycles. The molecule has 25 heavy (non-hydrogen) atoms. The van der Waals surface area contributed by atoms with Gasteiger partial charge in [0.15, 0.2) is 0 Å². The molecule has 2 amide bonds. The fourth-order valence-corrected chi connectivity index (χ4v) is 3.67. The van der Waals surface area contributed by atoms with Crippen molar-refractivity contribution in [3.8, 4) is 0 Å². The lowest BCUT2D eigenvalue weighted by molar-refractivity contribution is -0.123. The molecule has 0 atom stereocenters. The van der Waals surface area contributed by atoms with Gasteiger partial charge in [-0.2, -0.15) is 0 Å². The first-order valence-electron chi connectivity index (χ1n) is 6.99. The lowest BCUT2D eigenvalue weighted by Gasteiger charge is -2.13. The van der Waals surface area contributed by atoms with Crippen LogP contribution in [0.3, 0.4) is 0 Å². The summed E-state index contributed by atoms with van der Waals surface area (Å²) < 4.78 is 26.6. The predicted molar refractivity (Wildman–Crippen MR) is 97.0 cm³/mol. The third-order valence-corrected chi connectivity index (χ3v) is 5.33. The summed E-state index contributed by atoms with van der Waals surface area (Å²) in [6.45, 7) is -0.0474. The van der Waals surface area contributed by atoms with Gasteiger partial charge in [0.05, 0.1) is 15.9 Å². The highest BCUT2D eigenvalue weighted by Crippen LogP contribution is 2.34. The first kappa shape index (κ1) is 18.1. The summed E-state index contributed by atoms with van der Waals surface area (Å²) in [5.41, 5.74) is 1.05. The van der Waals surface area contributed by atoms with Crippen LogP contribution in [0.15, 0.2) is 45.8 Å². The molecule has 8 heteroatoms. The standard InChI is InChI=1S/C17H9BrClF2NO2S/c18-12-5-9(1-4-14(12)21)6-15-16(23)22(17(24)25-15)8-10-2-3-11(20)7-13(10)19/h1-7H,8H2/b15-6-. The van der Waals surface area contributed by atoms with Crippen LogP contribution in [0, 0.1) is 11.6 Å². The van der Waals surface area contributed by atoms with Crippen molar-refractivity contribution in [1.29, 1.82) is 0 Å². The van der Waals surface area contributed by atoms with Crippen molar-refractivity contribution in [3.63, 3.8) is 0 Å². The summed E-state index contributed by atoms with van der Waals surface area (Å²) >= 11 is 9.81. The van der Waals surface area contributed by atoms with Gasteiger partial charge in [0.1, 0.15) is 11.6 Å². The summed E-state index contributed by atoms with van der Waals surface area (Å²) in [5, 5.41) is -0.302. The summed E-state index contributed by atoms with van der Waals surface area (Å²) in [5.74, 6) is -1.39. The van der Waals surface area contributed by atoms with Crippen LogP contribution < -0.4 is 0 Å². The van der Waals surface area contributed by atoms with E-state index >= 15 is 0 Å². The molecule has 0 bridgehead atoms. The van der Waals surface area contributed by atoms with Crippen molar-refractivity contribution in [3.05, 3.63) is 73.6 Å². The highest BCUT2D eigenvalue weighted by molar-refractivity contribution is 9.10. The summed E-state index contributed by atoms with van der Waals surface area (Å²) in [7, 11) is 0. The minimum atomic E-state index is -0.496. The maximum absolute atomic E-state index is 13.3. The van der Waals surface area contributed by atoms with Gasteiger partial charge in [-0.1, -0.05) is 23.7 Å². The average molecular weight is 445 g/mol. The Balaban J connectivity index is 1.84. The fourth-order valence-electron chi connectivity index (χ4n) is 2.21. The molecule has 1 aliphatic rings. The quantitative estimate of drug-likeness (QED) is 0.577. The minimum Gasteiger partial charge on any atom is -0.268 e. The van der Waals surface area contributed by atoms with Gasteiger partial charge in [0, 0.05) is 5.02 Å². The molecular formula is C17H9BrClF2NO2S. The average Bonchev–Trinajstić information content (AvgIpc) is 2.81. The minimum absolute atomic E-state index is 0.0474. The van der Waals surface area contributed by atoms with Gasteiger partial charge in [0.25, 0.3) is 11.1 Å². The number of carbonyl (C=O) groups excluding carboxylic acids is 2. The van der Waals surface area contributed by atoms with E-state index in [9.17, 15) is 18.4 Å². The number of carbonyl (C=O) groups is 2. The van der Waals surface area contributed by atoms with Crippen LogP contribution in [0.25, 0.3) is 6.08 Å². The molecule has 2 aromatic rings.